The fraction of sp³-hybridized carbons (Fsp3) is 0.160. The lowest BCUT2D eigenvalue weighted by Gasteiger charge is -2.10. The number of carbonyl (C=O) groups excluding carboxylic acids is 1. The third kappa shape index (κ3) is 5.83. The highest BCUT2D eigenvalue weighted by atomic mass is 16.5. The van der Waals surface area contributed by atoms with Gasteiger partial charge in [-0.1, -0.05) is 18.2 Å². The number of para-hydroxylation sites is 2. The minimum Gasteiger partial charge on any atom is -0.493 e. The van der Waals surface area contributed by atoms with Crippen LogP contribution in [-0.2, 0) is 0 Å². The number of amides is 1. The quantitative estimate of drug-likeness (QED) is 0.350. The molecule has 0 atom stereocenters. The highest BCUT2D eigenvalue weighted by molar-refractivity contribution is 5.96. The normalized spacial score (nSPS) is 10.8. The summed E-state index contributed by atoms with van der Waals surface area (Å²) in [5.41, 5.74) is 7.87. The average molecular weight is 463 g/mol. The molecule has 0 radical (unpaired) electrons. The molecule has 2 N–H and O–H groups in total. The topological polar surface area (TPSA) is 103 Å². The summed E-state index contributed by atoms with van der Waals surface area (Å²) in [5, 5.41) is 8.27. The van der Waals surface area contributed by atoms with Crippen molar-refractivity contribution in [1.82, 2.24) is 5.43 Å². The predicted octanol–water partition coefficient (Wildman–Crippen LogP) is 3.93. The van der Waals surface area contributed by atoms with E-state index in [9.17, 15) is 4.79 Å². The standard InChI is InChI=1S/C25H26N4O5/c1-31-21-12-6-9-18(23(21)33-3)15-26-28-20-11-5-8-17(14-20)25(30)29-27-16-19-10-7-13-22(32-2)24(19)34-4/h5-16,28H,1-4H3,(H,29,30)/b26-15-,27-16-. The van der Waals surface area contributed by atoms with Gasteiger partial charge in [-0.25, -0.2) is 5.43 Å². The number of hydrazone groups is 2. The van der Waals surface area contributed by atoms with E-state index < -0.39 is 0 Å². The van der Waals surface area contributed by atoms with E-state index in [2.05, 4.69) is 21.1 Å². The Labute approximate surface area is 198 Å². The van der Waals surface area contributed by atoms with Crippen LogP contribution in [0.2, 0.25) is 0 Å². The van der Waals surface area contributed by atoms with Gasteiger partial charge >= 0.3 is 0 Å². The molecular formula is C25H26N4O5. The Morgan fingerprint density at radius 2 is 1.29 bits per heavy atom. The lowest BCUT2D eigenvalue weighted by atomic mass is 10.2. The first-order chi connectivity index (χ1) is 16.6. The fourth-order valence-corrected chi connectivity index (χ4v) is 3.16. The zero-order valence-corrected chi connectivity index (χ0v) is 19.4. The first-order valence-corrected chi connectivity index (χ1v) is 10.3. The highest BCUT2D eigenvalue weighted by Crippen LogP contribution is 2.30. The van der Waals surface area contributed by atoms with Crippen molar-refractivity contribution in [2.45, 2.75) is 0 Å². The Morgan fingerprint density at radius 3 is 1.85 bits per heavy atom. The number of carbonyl (C=O) groups is 1. The Balaban J connectivity index is 1.66. The van der Waals surface area contributed by atoms with Gasteiger partial charge < -0.3 is 18.9 Å². The van der Waals surface area contributed by atoms with Gasteiger partial charge in [0, 0.05) is 16.7 Å². The summed E-state index contributed by atoms with van der Waals surface area (Å²) in [5.74, 6) is 1.91. The van der Waals surface area contributed by atoms with Crippen molar-refractivity contribution in [2.24, 2.45) is 10.2 Å². The van der Waals surface area contributed by atoms with Crippen molar-refractivity contribution in [3.63, 3.8) is 0 Å². The summed E-state index contributed by atoms with van der Waals surface area (Å²) in [7, 11) is 6.24. The van der Waals surface area contributed by atoms with Gasteiger partial charge in [0.05, 0.1) is 46.6 Å². The molecule has 0 heterocycles. The molecule has 0 aliphatic heterocycles. The molecule has 0 aliphatic rings. The molecule has 0 aliphatic carbocycles. The second-order valence-electron chi connectivity index (χ2n) is 6.82. The van der Waals surface area contributed by atoms with E-state index in [0.29, 0.717) is 39.8 Å². The first kappa shape index (κ1) is 24.1. The molecule has 0 spiro atoms. The number of hydrogen-bond acceptors (Lipinski definition) is 8. The second-order valence-corrected chi connectivity index (χ2v) is 6.82. The molecule has 176 valence electrons. The Bertz CT molecular complexity index is 1190. The van der Waals surface area contributed by atoms with Gasteiger partial charge in [0.1, 0.15) is 0 Å². The Kier molecular flexibility index (Phi) is 8.45. The number of hydrogen-bond donors (Lipinski definition) is 2. The minimum atomic E-state index is -0.375. The monoisotopic (exact) mass is 462 g/mol. The third-order valence-corrected chi connectivity index (χ3v) is 4.76. The molecule has 0 saturated heterocycles. The fourth-order valence-electron chi connectivity index (χ4n) is 3.16. The molecule has 0 aromatic heterocycles. The van der Waals surface area contributed by atoms with E-state index in [-0.39, 0.29) is 5.91 Å². The zero-order valence-electron chi connectivity index (χ0n) is 19.4. The molecule has 0 fully saturated rings. The van der Waals surface area contributed by atoms with Gasteiger partial charge in [0.25, 0.3) is 5.91 Å². The molecule has 9 heteroatoms. The maximum Gasteiger partial charge on any atom is 0.271 e. The second kappa shape index (κ2) is 11.9. The van der Waals surface area contributed by atoms with Gasteiger partial charge in [-0.2, -0.15) is 10.2 Å². The molecule has 34 heavy (non-hydrogen) atoms. The van der Waals surface area contributed by atoms with E-state index in [4.69, 9.17) is 18.9 Å². The van der Waals surface area contributed by atoms with Crippen molar-refractivity contribution in [1.29, 1.82) is 0 Å². The number of nitrogens with one attached hydrogen (secondary N) is 2. The number of rotatable bonds is 10. The van der Waals surface area contributed by atoms with Crippen molar-refractivity contribution in [2.75, 3.05) is 33.9 Å². The summed E-state index contributed by atoms with van der Waals surface area (Å²) in [6, 6.07) is 17.8. The van der Waals surface area contributed by atoms with Gasteiger partial charge in [0.2, 0.25) is 0 Å². The number of methoxy groups -OCH3 is 4. The number of benzene rings is 3. The van der Waals surface area contributed by atoms with Crippen molar-refractivity contribution < 1.29 is 23.7 Å². The number of ether oxygens (including phenoxy) is 4. The average Bonchev–Trinajstić information content (AvgIpc) is 2.88. The van der Waals surface area contributed by atoms with Crippen LogP contribution in [0.25, 0.3) is 0 Å². The molecule has 0 bridgehead atoms. The summed E-state index contributed by atoms with van der Waals surface area (Å²) in [6.45, 7) is 0. The van der Waals surface area contributed by atoms with E-state index >= 15 is 0 Å². The molecule has 0 unspecified atom stereocenters. The minimum absolute atomic E-state index is 0.375. The summed E-state index contributed by atoms with van der Waals surface area (Å²) < 4.78 is 21.3. The van der Waals surface area contributed by atoms with Crippen molar-refractivity contribution >= 4 is 24.0 Å². The van der Waals surface area contributed by atoms with E-state index in [1.165, 1.54) is 6.21 Å². The van der Waals surface area contributed by atoms with Crippen molar-refractivity contribution in [3.05, 3.63) is 77.4 Å². The third-order valence-electron chi connectivity index (χ3n) is 4.76. The zero-order chi connectivity index (χ0) is 24.3. The van der Waals surface area contributed by atoms with Crippen LogP contribution in [0.4, 0.5) is 5.69 Å². The molecule has 9 nitrogen and oxygen atoms in total. The van der Waals surface area contributed by atoms with E-state index in [1.807, 2.05) is 12.1 Å². The van der Waals surface area contributed by atoms with E-state index in [1.54, 1.807) is 83.2 Å². The van der Waals surface area contributed by atoms with E-state index in [0.717, 1.165) is 5.56 Å². The Hall–Kier alpha value is -4.53. The summed E-state index contributed by atoms with van der Waals surface area (Å²) in [4.78, 5) is 12.5. The Morgan fingerprint density at radius 1 is 0.735 bits per heavy atom. The lowest BCUT2D eigenvalue weighted by Crippen LogP contribution is -2.17. The molecule has 0 saturated carbocycles. The van der Waals surface area contributed by atoms with Crippen LogP contribution in [0.5, 0.6) is 23.0 Å². The molecular weight excluding hydrogens is 436 g/mol. The van der Waals surface area contributed by atoms with Crippen molar-refractivity contribution in [3.8, 4) is 23.0 Å². The number of nitrogens with zero attached hydrogens (tertiary/aromatic N) is 2. The summed E-state index contributed by atoms with van der Waals surface area (Å²) in [6.07, 6.45) is 3.10. The van der Waals surface area contributed by atoms with Gasteiger partial charge in [-0.3, -0.25) is 10.2 Å². The lowest BCUT2D eigenvalue weighted by molar-refractivity contribution is 0.0955. The largest absolute Gasteiger partial charge is 0.493 e. The molecule has 3 aromatic rings. The van der Waals surface area contributed by atoms with Crippen LogP contribution in [0.3, 0.4) is 0 Å². The van der Waals surface area contributed by atoms with Crippen LogP contribution in [0, 0.1) is 0 Å². The number of anilines is 1. The predicted molar refractivity (Wildman–Crippen MR) is 132 cm³/mol. The summed E-state index contributed by atoms with van der Waals surface area (Å²) >= 11 is 0. The van der Waals surface area contributed by atoms with Crippen LogP contribution < -0.4 is 29.8 Å². The first-order valence-electron chi connectivity index (χ1n) is 10.3. The van der Waals surface area contributed by atoms with Crippen LogP contribution in [0.15, 0.2) is 70.9 Å². The molecule has 3 rings (SSSR count). The maximum atomic E-state index is 12.5. The smallest absolute Gasteiger partial charge is 0.271 e. The van der Waals surface area contributed by atoms with Crippen LogP contribution >= 0.6 is 0 Å². The SMILES string of the molecule is COc1cccc(/C=N\NC(=O)c2cccc(N/N=C\c3cccc(OC)c3OC)c2)c1OC. The molecule has 3 aromatic carbocycles. The molecule has 1 amide bonds. The van der Waals surface area contributed by atoms with Gasteiger partial charge in [-0.05, 0) is 42.5 Å². The van der Waals surface area contributed by atoms with Gasteiger partial charge in [-0.15, -0.1) is 0 Å². The van der Waals surface area contributed by atoms with Crippen LogP contribution in [-0.4, -0.2) is 46.8 Å². The maximum absolute atomic E-state index is 12.5. The van der Waals surface area contributed by atoms with Gasteiger partial charge in [0.15, 0.2) is 23.0 Å². The highest BCUT2D eigenvalue weighted by Gasteiger charge is 2.09. The van der Waals surface area contributed by atoms with Crippen LogP contribution in [0.1, 0.15) is 21.5 Å².